The van der Waals surface area contributed by atoms with Crippen molar-refractivity contribution in [3.05, 3.63) is 0 Å². The van der Waals surface area contributed by atoms with Crippen LogP contribution in [0.5, 0.6) is 0 Å². The predicted octanol–water partition coefficient (Wildman–Crippen LogP) is 1.37. The fourth-order valence-electron chi connectivity index (χ4n) is 1.05. The Kier molecular flexibility index (Phi) is 9.19. The van der Waals surface area contributed by atoms with E-state index in [1.165, 1.54) is 12.2 Å². The minimum Gasteiger partial charge on any atom is -0.356 e. The number of thioether (sulfide) groups is 1. The van der Waals surface area contributed by atoms with E-state index in [0.717, 1.165) is 19.4 Å². The van der Waals surface area contributed by atoms with Gasteiger partial charge in [-0.25, -0.2) is 0 Å². The van der Waals surface area contributed by atoms with Crippen molar-refractivity contribution in [3.63, 3.8) is 0 Å². The molecule has 1 unspecified atom stereocenters. The minimum atomic E-state index is 0.122. The average molecular weight is 218 g/mol. The van der Waals surface area contributed by atoms with Crippen LogP contribution in [0.3, 0.4) is 0 Å². The first-order valence-corrected chi connectivity index (χ1v) is 6.57. The van der Waals surface area contributed by atoms with Crippen molar-refractivity contribution in [2.24, 2.45) is 5.73 Å². The molecular formula is C10H22N2OS. The van der Waals surface area contributed by atoms with Crippen LogP contribution in [0.1, 0.15) is 32.6 Å². The van der Waals surface area contributed by atoms with E-state index in [4.69, 9.17) is 5.73 Å². The normalized spacial score (nSPS) is 12.5. The van der Waals surface area contributed by atoms with Crippen molar-refractivity contribution >= 4 is 17.7 Å². The van der Waals surface area contributed by atoms with Gasteiger partial charge in [-0.05, 0) is 38.2 Å². The van der Waals surface area contributed by atoms with Gasteiger partial charge < -0.3 is 11.1 Å². The lowest BCUT2D eigenvalue weighted by Crippen LogP contribution is -2.26. The summed E-state index contributed by atoms with van der Waals surface area (Å²) in [5, 5.41) is 2.89. The second-order valence-corrected chi connectivity index (χ2v) is 4.55. The summed E-state index contributed by atoms with van der Waals surface area (Å²) in [5.41, 5.74) is 5.55. The van der Waals surface area contributed by atoms with E-state index >= 15 is 0 Å². The fourth-order valence-corrected chi connectivity index (χ4v) is 1.54. The summed E-state index contributed by atoms with van der Waals surface area (Å²) >= 11 is 1.85. The van der Waals surface area contributed by atoms with E-state index in [2.05, 4.69) is 11.6 Å². The molecule has 0 rings (SSSR count). The third-order valence-corrected chi connectivity index (χ3v) is 2.62. The highest BCUT2D eigenvalue weighted by atomic mass is 32.2. The molecule has 84 valence electrons. The van der Waals surface area contributed by atoms with Gasteiger partial charge in [0.15, 0.2) is 0 Å². The van der Waals surface area contributed by atoms with Gasteiger partial charge in [0.2, 0.25) is 5.91 Å². The predicted molar refractivity (Wildman–Crippen MR) is 63.5 cm³/mol. The van der Waals surface area contributed by atoms with Gasteiger partial charge in [-0.15, -0.1) is 0 Å². The number of amides is 1. The van der Waals surface area contributed by atoms with Crippen LogP contribution in [0.25, 0.3) is 0 Å². The first-order chi connectivity index (χ1) is 6.66. The Morgan fingerprint density at radius 1 is 1.50 bits per heavy atom. The highest BCUT2D eigenvalue weighted by Gasteiger charge is 2.01. The zero-order valence-corrected chi connectivity index (χ0v) is 10.0. The molecule has 1 amide bonds. The molecule has 0 heterocycles. The van der Waals surface area contributed by atoms with Gasteiger partial charge in [-0.3, -0.25) is 4.79 Å². The van der Waals surface area contributed by atoms with Crippen molar-refractivity contribution < 1.29 is 4.79 Å². The van der Waals surface area contributed by atoms with Crippen molar-refractivity contribution in [2.75, 3.05) is 18.6 Å². The van der Waals surface area contributed by atoms with Crippen LogP contribution in [0.2, 0.25) is 0 Å². The van der Waals surface area contributed by atoms with E-state index in [1.807, 2.05) is 18.7 Å². The van der Waals surface area contributed by atoms with E-state index in [0.29, 0.717) is 6.42 Å². The average Bonchev–Trinajstić information content (AvgIpc) is 2.14. The SMILES string of the molecule is CSCCCCNC(=O)CCC(C)N. The summed E-state index contributed by atoms with van der Waals surface area (Å²) in [4.78, 5) is 11.2. The Hall–Kier alpha value is -0.220. The summed E-state index contributed by atoms with van der Waals surface area (Å²) in [6.45, 7) is 2.73. The number of carbonyl (C=O) groups is 1. The number of carbonyl (C=O) groups excluding carboxylic acids is 1. The molecule has 0 radical (unpaired) electrons. The number of unbranched alkanes of at least 4 members (excludes halogenated alkanes) is 1. The van der Waals surface area contributed by atoms with Crippen LogP contribution >= 0.6 is 11.8 Å². The lowest BCUT2D eigenvalue weighted by atomic mass is 10.2. The number of hydrogen-bond donors (Lipinski definition) is 2. The summed E-state index contributed by atoms with van der Waals surface area (Å²) in [6.07, 6.45) is 5.68. The van der Waals surface area contributed by atoms with Crippen molar-refractivity contribution in [1.82, 2.24) is 5.32 Å². The summed E-state index contributed by atoms with van der Waals surface area (Å²) < 4.78 is 0. The second-order valence-electron chi connectivity index (χ2n) is 3.57. The largest absolute Gasteiger partial charge is 0.356 e. The fraction of sp³-hybridized carbons (Fsp3) is 0.900. The molecule has 3 nitrogen and oxygen atoms in total. The molecule has 3 N–H and O–H groups in total. The molecule has 0 aliphatic rings. The summed E-state index contributed by atoms with van der Waals surface area (Å²) in [7, 11) is 0. The molecule has 0 saturated heterocycles. The van der Waals surface area contributed by atoms with Gasteiger partial charge >= 0.3 is 0 Å². The number of nitrogens with one attached hydrogen (secondary N) is 1. The maximum absolute atomic E-state index is 11.2. The summed E-state index contributed by atoms with van der Waals surface area (Å²) in [6, 6.07) is 0.122. The third-order valence-electron chi connectivity index (χ3n) is 1.92. The molecule has 4 heteroatoms. The van der Waals surface area contributed by atoms with Gasteiger partial charge in [0.25, 0.3) is 0 Å². The molecule has 0 fully saturated rings. The quantitative estimate of drug-likeness (QED) is 0.605. The Morgan fingerprint density at radius 2 is 2.21 bits per heavy atom. The van der Waals surface area contributed by atoms with E-state index < -0.39 is 0 Å². The molecule has 0 bridgehead atoms. The lowest BCUT2D eigenvalue weighted by molar-refractivity contribution is -0.121. The van der Waals surface area contributed by atoms with Crippen LogP contribution in [-0.4, -0.2) is 30.5 Å². The molecule has 0 aromatic carbocycles. The van der Waals surface area contributed by atoms with Crippen LogP contribution in [0, 0.1) is 0 Å². The first-order valence-electron chi connectivity index (χ1n) is 5.18. The Bertz CT molecular complexity index is 151. The molecule has 0 spiro atoms. The maximum Gasteiger partial charge on any atom is 0.220 e. The smallest absolute Gasteiger partial charge is 0.220 e. The standard InChI is InChI=1S/C10H22N2OS/c1-9(11)5-6-10(13)12-7-3-4-8-14-2/h9H,3-8,11H2,1-2H3,(H,12,13). The molecule has 1 atom stereocenters. The van der Waals surface area contributed by atoms with Gasteiger partial charge in [0, 0.05) is 19.0 Å². The lowest BCUT2D eigenvalue weighted by Gasteiger charge is -2.06. The monoisotopic (exact) mass is 218 g/mol. The van der Waals surface area contributed by atoms with Crippen LogP contribution < -0.4 is 11.1 Å². The number of hydrogen-bond acceptors (Lipinski definition) is 3. The van der Waals surface area contributed by atoms with Gasteiger partial charge in [0.1, 0.15) is 0 Å². The maximum atomic E-state index is 11.2. The molecular weight excluding hydrogens is 196 g/mol. The molecule has 0 aliphatic carbocycles. The molecule has 0 aromatic rings. The second kappa shape index (κ2) is 9.34. The van der Waals surface area contributed by atoms with E-state index in [-0.39, 0.29) is 11.9 Å². The van der Waals surface area contributed by atoms with Crippen LogP contribution in [-0.2, 0) is 4.79 Å². The molecule has 0 aliphatic heterocycles. The molecule has 0 saturated carbocycles. The van der Waals surface area contributed by atoms with Crippen molar-refractivity contribution in [3.8, 4) is 0 Å². The van der Waals surface area contributed by atoms with Gasteiger partial charge in [-0.2, -0.15) is 11.8 Å². The first kappa shape index (κ1) is 13.8. The van der Waals surface area contributed by atoms with E-state index in [1.54, 1.807) is 0 Å². The molecule has 14 heavy (non-hydrogen) atoms. The zero-order chi connectivity index (χ0) is 10.8. The number of rotatable bonds is 8. The summed E-state index contributed by atoms with van der Waals surface area (Å²) in [5.74, 6) is 1.31. The highest BCUT2D eigenvalue weighted by Crippen LogP contribution is 1.98. The Balaban J connectivity index is 3.18. The highest BCUT2D eigenvalue weighted by molar-refractivity contribution is 7.98. The van der Waals surface area contributed by atoms with Crippen molar-refractivity contribution in [1.29, 1.82) is 0 Å². The van der Waals surface area contributed by atoms with Crippen LogP contribution in [0.15, 0.2) is 0 Å². The minimum absolute atomic E-state index is 0.122. The van der Waals surface area contributed by atoms with Gasteiger partial charge in [-0.1, -0.05) is 0 Å². The molecule has 0 aromatic heterocycles. The topological polar surface area (TPSA) is 55.1 Å². The zero-order valence-electron chi connectivity index (χ0n) is 9.21. The van der Waals surface area contributed by atoms with E-state index in [9.17, 15) is 4.79 Å². The third kappa shape index (κ3) is 9.86. The van der Waals surface area contributed by atoms with Gasteiger partial charge in [0.05, 0.1) is 0 Å². The Morgan fingerprint density at radius 3 is 2.79 bits per heavy atom. The van der Waals surface area contributed by atoms with Crippen LogP contribution in [0.4, 0.5) is 0 Å². The van der Waals surface area contributed by atoms with Crippen molar-refractivity contribution in [2.45, 2.75) is 38.6 Å². The number of nitrogens with two attached hydrogens (primary N) is 1. The Labute approximate surface area is 91.2 Å².